The van der Waals surface area contributed by atoms with E-state index >= 15 is 0 Å². The third-order valence-corrected chi connectivity index (χ3v) is 9.63. The number of hydrogen-bond donors (Lipinski definition) is 0. The lowest BCUT2D eigenvalue weighted by Crippen LogP contribution is -2.02. The molecule has 0 aliphatic heterocycles. The summed E-state index contributed by atoms with van der Waals surface area (Å²) in [4.78, 5) is 0. The first-order chi connectivity index (χ1) is 24.7. The van der Waals surface area contributed by atoms with E-state index in [1.165, 1.54) is 0 Å². The Morgan fingerprint density at radius 3 is 1.66 bits per heavy atom. The summed E-state index contributed by atoms with van der Waals surface area (Å²) in [6.45, 7) is 0. The van der Waals surface area contributed by atoms with Crippen LogP contribution in [0.1, 0.15) is 16.7 Å². The SMILES string of the molecule is N#Cc1ccc2c(c1)c1ccccc1n2-c1cccc(-c2ccc(C#N)c(-c3cccc(C#N)c3-n3c4ccccc4c4ccccc43)c2)c1. The molecule has 0 spiro atoms. The number of aromatic nitrogens is 2. The van der Waals surface area contributed by atoms with Gasteiger partial charge >= 0.3 is 0 Å². The van der Waals surface area contributed by atoms with Crippen LogP contribution in [0.25, 0.3) is 77.2 Å². The third-order valence-electron chi connectivity index (χ3n) is 9.63. The van der Waals surface area contributed by atoms with Gasteiger partial charge in [0.2, 0.25) is 0 Å². The Balaban J connectivity index is 1.26. The molecule has 0 fully saturated rings. The Hall–Kier alpha value is -7.39. The highest BCUT2D eigenvalue weighted by molar-refractivity contribution is 6.11. The Morgan fingerprint density at radius 2 is 0.980 bits per heavy atom. The highest BCUT2D eigenvalue weighted by Crippen LogP contribution is 2.40. The van der Waals surface area contributed by atoms with Gasteiger partial charge in [0.1, 0.15) is 6.07 Å². The van der Waals surface area contributed by atoms with Crippen molar-refractivity contribution in [3.05, 3.63) is 168 Å². The van der Waals surface area contributed by atoms with Crippen LogP contribution >= 0.6 is 0 Å². The largest absolute Gasteiger partial charge is 0.309 e. The number of benzene rings is 7. The van der Waals surface area contributed by atoms with Crippen molar-refractivity contribution in [3.63, 3.8) is 0 Å². The molecule has 9 rings (SSSR count). The van der Waals surface area contributed by atoms with Gasteiger partial charge in [-0.25, -0.2) is 0 Å². The molecule has 7 aromatic carbocycles. The van der Waals surface area contributed by atoms with Gasteiger partial charge in [-0.3, -0.25) is 0 Å². The second-order valence-corrected chi connectivity index (χ2v) is 12.3. The number of fused-ring (bicyclic) bond motifs is 6. The topological polar surface area (TPSA) is 81.2 Å². The van der Waals surface area contributed by atoms with Gasteiger partial charge in [0.25, 0.3) is 0 Å². The van der Waals surface area contributed by atoms with Gasteiger partial charge in [0.15, 0.2) is 0 Å². The highest BCUT2D eigenvalue weighted by Gasteiger charge is 2.21. The van der Waals surface area contributed by atoms with E-state index in [0.29, 0.717) is 16.7 Å². The van der Waals surface area contributed by atoms with Crippen molar-refractivity contribution >= 4 is 43.6 Å². The Morgan fingerprint density at radius 1 is 0.380 bits per heavy atom. The molecule has 2 aromatic heterocycles. The highest BCUT2D eigenvalue weighted by atomic mass is 15.0. The quantitative estimate of drug-likeness (QED) is 0.193. The predicted molar refractivity (Wildman–Crippen MR) is 200 cm³/mol. The van der Waals surface area contributed by atoms with E-state index in [1.807, 2.05) is 91.0 Å². The average molecular weight is 636 g/mol. The standard InChI is InChI=1S/C45H25N5/c46-26-29-19-22-44-40(23-29)37-14-3-4-16-41(37)49(44)34-11-7-9-30(24-34)31-20-21-32(27-47)39(25-31)38-15-8-10-33(28-48)45(38)50-42-17-5-1-12-35(42)36-13-2-6-18-43(36)50/h1-25H. The maximum atomic E-state index is 10.4. The van der Waals surface area contributed by atoms with Crippen LogP contribution in [-0.2, 0) is 0 Å². The molecular formula is C45H25N5. The summed E-state index contributed by atoms with van der Waals surface area (Å²) in [6.07, 6.45) is 0. The third kappa shape index (κ3) is 4.31. The van der Waals surface area contributed by atoms with E-state index < -0.39 is 0 Å². The molecule has 0 N–H and O–H groups in total. The lowest BCUT2D eigenvalue weighted by molar-refractivity contribution is 1.17. The number of nitriles is 3. The van der Waals surface area contributed by atoms with E-state index in [4.69, 9.17) is 0 Å². The molecule has 0 saturated carbocycles. The van der Waals surface area contributed by atoms with Crippen molar-refractivity contribution in [1.29, 1.82) is 15.8 Å². The summed E-state index contributed by atoms with van der Waals surface area (Å²) in [5.41, 5.74) is 11.0. The molecule has 0 amide bonds. The normalized spacial score (nSPS) is 11.1. The van der Waals surface area contributed by atoms with E-state index in [0.717, 1.165) is 77.2 Å². The van der Waals surface area contributed by atoms with Crippen LogP contribution in [0.3, 0.4) is 0 Å². The van der Waals surface area contributed by atoms with Crippen LogP contribution in [0.2, 0.25) is 0 Å². The fraction of sp³-hybridized carbons (Fsp3) is 0. The van der Waals surface area contributed by atoms with Gasteiger partial charge < -0.3 is 9.13 Å². The molecular weight excluding hydrogens is 611 g/mol. The molecule has 0 radical (unpaired) electrons. The summed E-state index contributed by atoms with van der Waals surface area (Å²) in [5, 5.41) is 34.7. The predicted octanol–water partition coefficient (Wildman–Crippen LogP) is 10.8. The smallest absolute Gasteiger partial charge is 0.101 e. The first kappa shape index (κ1) is 28.8. The molecule has 5 nitrogen and oxygen atoms in total. The van der Waals surface area contributed by atoms with Crippen molar-refractivity contribution < 1.29 is 0 Å². The molecule has 230 valence electrons. The van der Waals surface area contributed by atoms with Crippen LogP contribution in [-0.4, -0.2) is 9.13 Å². The van der Waals surface area contributed by atoms with E-state index in [1.54, 1.807) is 0 Å². The zero-order valence-corrected chi connectivity index (χ0v) is 26.7. The van der Waals surface area contributed by atoms with Crippen molar-refractivity contribution in [2.24, 2.45) is 0 Å². The van der Waals surface area contributed by atoms with Gasteiger partial charge in [0, 0.05) is 38.4 Å². The summed E-state index contributed by atoms with van der Waals surface area (Å²) in [5.74, 6) is 0. The molecule has 50 heavy (non-hydrogen) atoms. The number of hydrogen-bond acceptors (Lipinski definition) is 3. The summed E-state index contributed by atoms with van der Waals surface area (Å²) >= 11 is 0. The van der Waals surface area contributed by atoms with Crippen LogP contribution in [0.4, 0.5) is 0 Å². The van der Waals surface area contributed by atoms with Crippen molar-refractivity contribution in [2.45, 2.75) is 0 Å². The lowest BCUT2D eigenvalue weighted by atomic mass is 9.92. The van der Waals surface area contributed by atoms with Crippen LogP contribution < -0.4 is 0 Å². The molecule has 0 aliphatic rings. The van der Waals surface area contributed by atoms with Crippen molar-refractivity contribution in [2.75, 3.05) is 0 Å². The summed E-state index contributed by atoms with van der Waals surface area (Å²) in [6, 6.07) is 57.7. The molecule has 0 unspecified atom stereocenters. The van der Waals surface area contributed by atoms with Gasteiger partial charge in [-0.05, 0) is 77.9 Å². The Labute approximate surface area is 287 Å². The van der Waals surface area contributed by atoms with Gasteiger partial charge in [-0.1, -0.05) is 84.9 Å². The van der Waals surface area contributed by atoms with Crippen molar-refractivity contribution in [1.82, 2.24) is 9.13 Å². The van der Waals surface area contributed by atoms with Crippen LogP contribution in [0.5, 0.6) is 0 Å². The minimum absolute atomic E-state index is 0.524. The minimum Gasteiger partial charge on any atom is -0.309 e. The fourth-order valence-corrected chi connectivity index (χ4v) is 7.44. The van der Waals surface area contributed by atoms with E-state index in [2.05, 4.69) is 88.0 Å². The van der Waals surface area contributed by atoms with Gasteiger partial charge in [-0.2, -0.15) is 15.8 Å². The first-order valence-corrected chi connectivity index (χ1v) is 16.3. The second-order valence-electron chi connectivity index (χ2n) is 12.3. The Bertz CT molecular complexity index is 2920. The van der Waals surface area contributed by atoms with Gasteiger partial charge in [0.05, 0.1) is 56.6 Å². The summed E-state index contributed by atoms with van der Waals surface area (Å²) < 4.78 is 4.39. The van der Waals surface area contributed by atoms with Crippen LogP contribution in [0, 0.1) is 34.0 Å². The molecule has 0 atom stereocenters. The molecule has 0 aliphatic carbocycles. The first-order valence-electron chi connectivity index (χ1n) is 16.3. The minimum atomic E-state index is 0.524. The number of nitrogens with zero attached hydrogens (tertiary/aromatic N) is 5. The van der Waals surface area contributed by atoms with Gasteiger partial charge in [-0.15, -0.1) is 0 Å². The zero-order chi connectivity index (χ0) is 33.8. The Kier molecular flexibility index (Phi) is 6.56. The molecule has 0 bridgehead atoms. The molecule has 9 aromatic rings. The maximum absolute atomic E-state index is 10.4. The fourth-order valence-electron chi connectivity index (χ4n) is 7.44. The van der Waals surface area contributed by atoms with Crippen molar-refractivity contribution in [3.8, 4) is 51.8 Å². The lowest BCUT2D eigenvalue weighted by Gasteiger charge is -2.17. The molecule has 0 saturated heterocycles. The average Bonchev–Trinajstić information content (AvgIpc) is 3.70. The summed E-state index contributed by atoms with van der Waals surface area (Å²) in [7, 11) is 0. The maximum Gasteiger partial charge on any atom is 0.101 e. The zero-order valence-electron chi connectivity index (χ0n) is 26.7. The number of para-hydroxylation sites is 4. The van der Waals surface area contributed by atoms with E-state index in [-0.39, 0.29) is 0 Å². The monoisotopic (exact) mass is 635 g/mol. The van der Waals surface area contributed by atoms with E-state index in [9.17, 15) is 15.8 Å². The molecule has 2 heterocycles. The molecule has 5 heteroatoms. The second kappa shape index (κ2) is 11.4. The van der Waals surface area contributed by atoms with Crippen LogP contribution in [0.15, 0.2) is 152 Å². The number of rotatable bonds is 4.